The number of fused-ring (bicyclic) bond motifs is 1. The second-order valence-electron chi connectivity index (χ2n) is 5.85. The van der Waals surface area contributed by atoms with E-state index in [9.17, 15) is 4.79 Å². The summed E-state index contributed by atoms with van der Waals surface area (Å²) in [5.74, 6) is 0.477. The second kappa shape index (κ2) is 7.00. The summed E-state index contributed by atoms with van der Waals surface area (Å²) in [6.07, 6.45) is 3.14. The van der Waals surface area contributed by atoms with Crippen molar-refractivity contribution in [2.45, 2.75) is 6.92 Å². The van der Waals surface area contributed by atoms with Crippen molar-refractivity contribution in [2.24, 2.45) is 0 Å². The van der Waals surface area contributed by atoms with E-state index in [1.54, 1.807) is 35.7 Å². The molecule has 0 saturated carbocycles. The lowest BCUT2D eigenvalue weighted by atomic mass is 10.1. The monoisotopic (exact) mass is 376 g/mol. The first kappa shape index (κ1) is 16.9. The molecule has 8 heteroatoms. The first-order valence-corrected chi connectivity index (χ1v) is 9.02. The Bertz CT molecular complexity index is 1130. The van der Waals surface area contributed by atoms with Crippen LogP contribution in [-0.4, -0.2) is 21.0 Å². The van der Waals surface area contributed by atoms with Gasteiger partial charge in [0.2, 0.25) is 0 Å². The van der Waals surface area contributed by atoms with E-state index in [0.29, 0.717) is 17.2 Å². The van der Waals surface area contributed by atoms with Gasteiger partial charge >= 0.3 is 6.03 Å². The van der Waals surface area contributed by atoms with Gasteiger partial charge in [0.1, 0.15) is 17.0 Å². The lowest BCUT2D eigenvalue weighted by molar-refractivity contribution is 0.262. The topological polar surface area (TPSA) is 106 Å². The van der Waals surface area contributed by atoms with Gasteiger partial charge in [0.25, 0.3) is 0 Å². The molecule has 27 heavy (non-hydrogen) atoms. The first-order chi connectivity index (χ1) is 13.1. The molecule has 0 spiro atoms. The standard InChI is InChI=1S/C19H16N6OS/c1-11-16(20)15-17(22-10-23-18(15)27-11)12-5-4-6-13(9-12)24-19(26)25-14-7-2-3-8-21-14/h2-10H,20H2,1H3,(H2,21,24,25,26). The highest BCUT2D eigenvalue weighted by Gasteiger charge is 2.14. The molecule has 4 N–H and O–H groups in total. The zero-order chi connectivity index (χ0) is 18.8. The Labute approximate surface area is 159 Å². The Morgan fingerprint density at radius 3 is 2.78 bits per heavy atom. The fourth-order valence-electron chi connectivity index (χ4n) is 2.74. The van der Waals surface area contributed by atoms with Gasteiger partial charge in [0.05, 0.1) is 16.8 Å². The quantitative estimate of drug-likeness (QED) is 0.495. The van der Waals surface area contributed by atoms with Gasteiger partial charge in [0.15, 0.2) is 0 Å². The van der Waals surface area contributed by atoms with E-state index >= 15 is 0 Å². The number of urea groups is 1. The van der Waals surface area contributed by atoms with Crippen LogP contribution >= 0.6 is 11.3 Å². The number of benzene rings is 1. The van der Waals surface area contributed by atoms with Crippen molar-refractivity contribution in [2.75, 3.05) is 16.4 Å². The predicted octanol–water partition coefficient (Wildman–Crippen LogP) is 4.29. The number of rotatable bonds is 3. The molecule has 0 aliphatic carbocycles. The van der Waals surface area contributed by atoms with E-state index in [2.05, 4.69) is 25.6 Å². The van der Waals surface area contributed by atoms with Crippen molar-refractivity contribution < 1.29 is 4.79 Å². The van der Waals surface area contributed by atoms with E-state index in [-0.39, 0.29) is 6.03 Å². The van der Waals surface area contributed by atoms with E-state index in [0.717, 1.165) is 26.4 Å². The van der Waals surface area contributed by atoms with Gasteiger partial charge in [-0.05, 0) is 31.2 Å². The van der Waals surface area contributed by atoms with Crippen LogP contribution in [0.4, 0.5) is 22.0 Å². The zero-order valence-electron chi connectivity index (χ0n) is 14.4. The van der Waals surface area contributed by atoms with Crippen LogP contribution in [0.15, 0.2) is 55.0 Å². The summed E-state index contributed by atoms with van der Waals surface area (Å²) < 4.78 is 0. The number of carbonyl (C=O) groups is 1. The normalized spacial score (nSPS) is 10.7. The van der Waals surface area contributed by atoms with Crippen molar-refractivity contribution in [1.82, 2.24) is 15.0 Å². The summed E-state index contributed by atoms with van der Waals surface area (Å²) >= 11 is 1.54. The Hall–Kier alpha value is -3.52. The highest BCUT2D eigenvalue weighted by atomic mass is 32.1. The third kappa shape index (κ3) is 3.42. The Morgan fingerprint density at radius 2 is 1.96 bits per heavy atom. The number of pyridine rings is 1. The predicted molar refractivity (Wildman–Crippen MR) is 109 cm³/mol. The van der Waals surface area contributed by atoms with Gasteiger partial charge in [-0.25, -0.2) is 19.7 Å². The number of carbonyl (C=O) groups excluding carboxylic acids is 1. The van der Waals surface area contributed by atoms with Crippen molar-refractivity contribution in [3.63, 3.8) is 0 Å². The largest absolute Gasteiger partial charge is 0.397 e. The van der Waals surface area contributed by atoms with Gasteiger partial charge in [-0.3, -0.25) is 5.32 Å². The number of thiophene rings is 1. The molecule has 0 radical (unpaired) electrons. The molecule has 0 aliphatic heterocycles. The fraction of sp³-hybridized carbons (Fsp3) is 0.0526. The lowest BCUT2D eigenvalue weighted by Gasteiger charge is -2.09. The summed E-state index contributed by atoms with van der Waals surface area (Å²) in [7, 11) is 0. The lowest BCUT2D eigenvalue weighted by Crippen LogP contribution is -2.19. The number of anilines is 3. The Kier molecular flexibility index (Phi) is 4.39. The van der Waals surface area contributed by atoms with E-state index in [1.807, 2.05) is 31.2 Å². The number of hydrogen-bond acceptors (Lipinski definition) is 6. The number of nitrogens with one attached hydrogen (secondary N) is 2. The van der Waals surface area contributed by atoms with E-state index in [1.165, 1.54) is 6.33 Å². The van der Waals surface area contributed by atoms with Crippen LogP contribution in [-0.2, 0) is 0 Å². The molecule has 4 rings (SSSR count). The summed E-state index contributed by atoms with van der Waals surface area (Å²) in [6.45, 7) is 1.96. The molecule has 4 aromatic rings. The molecule has 1 aromatic carbocycles. The van der Waals surface area contributed by atoms with Gasteiger partial charge in [-0.15, -0.1) is 11.3 Å². The molecule has 0 bridgehead atoms. The molecule has 0 aliphatic rings. The summed E-state index contributed by atoms with van der Waals surface area (Å²) in [6, 6.07) is 12.4. The summed E-state index contributed by atoms with van der Waals surface area (Å²) in [5.41, 5.74) is 9.15. The van der Waals surface area contributed by atoms with Crippen LogP contribution in [0, 0.1) is 6.92 Å². The van der Waals surface area contributed by atoms with Gasteiger partial charge in [-0.2, -0.15) is 0 Å². The van der Waals surface area contributed by atoms with Crippen molar-refractivity contribution in [3.05, 3.63) is 59.9 Å². The maximum Gasteiger partial charge on any atom is 0.324 e. The average molecular weight is 376 g/mol. The van der Waals surface area contributed by atoms with Crippen molar-refractivity contribution in [1.29, 1.82) is 0 Å². The maximum absolute atomic E-state index is 12.2. The van der Waals surface area contributed by atoms with Crippen LogP contribution in [0.1, 0.15) is 4.88 Å². The molecule has 3 heterocycles. The molecule has 7 nitrogen and oxygen atoms in total. The van der Waals surface area contributed by atoms with E-state index in [4.69, 9.17) is 5.73 Å². The van der Waals surface area contributed by atoms with Crippen LogP contribution in [0.3, 0.4) is 0 Å². The molecule has 134 valence electrons. The molecule has 2 amide bonds. The average Bonchev–Trinajstić information content (AvgIpc) is 2.97. The number of nitrogens with two attached hydrogens (primary N) is 1. The molecular formula is C19H16N6OS. The minimum Gasteiger partial charge on any atom is -0.397 e. The van der Waals surface area contributed by atoms with Crippen molar-refractivity contribution >= 4 is 44.8 Å². The highest BCUT2D eigenvalue weighted by molar-refractivity contribution is 7.19. The minimum absolute atomic E-state index is 0.371. The minimum atomic E-state index is -0.371. The molecule has 0 saturated heterocycles. The zero-order valence-corrected chi connectivity index (χ0v) is 15.2. The van der Waals surface area contributed by atoms with Gasteiger partial charge < -0.3 is 11.1 Å². The second-order valence-corrected chi connectivity index (χ2v) is 7.05. The number of aryl methyl sites for hydroxylation is 1. The molecular weight excluding hydrogens is 360 g/mol. The molecule has 0 atom stereocenters. The van der Waals surface area contributed by atoms with Crippen LogP contribution in [0.5, 0.6) is 0 Å². The van der Waals surface area contributed by atoms with Crippen molar-refractivity contribution in [3.8, 4) is 11.3 Å². The number of nitrogen functional groups attached to an aromatic ring is 1. The van der Waals surface area contributed by atoms with Gasteiger partial charge in [-0.1, -0.05) is 18.2 Å². The van der Waals surface area contributed by atoms with Crippen LogP contribution in [0.2, 0.25) is 0 Å². The Balaban J connectivity index is 1.63. The molecule has 3 aromatic heterocycles. The SMILES string of the molecule is Cc1sc2ncnc(-c3cccc(NC(=O)Nc4ccccn4)c3)c2c1N. The smallest absolute Gasteiger partial charge is 0.324 e. The van der Waals surface area contributed by atoms with Crippen LogP contribution < -0.4 is 16.4 Å². The third-order valence-corrected chi connectivity index (χ3v) is 5.04. The number of hydrogen-bond donors (Lipinski definition) is 3. The summed E-state index contributed by atoms with van der Waals surface area (Å²) in [5, 5.41) is 6.34. The number of aromatic nitrogens is 3. The first-order valence-electron chi connectivity index (χ1n) is 8.21. The number of nitrogens with zero attached hydrogens (tertiary/aromatic N) is 3. The highest BCUT2D eigenvalue weighted by Crippen LogP contribution is 2.37. The molecule has 0 unspecified atom stereocenters. The Morgan fingerprint density at radius 1 is 1.07 bits per heavy atom. The fourth-order valence-corrected chi connectivity index (χ4v) is 3.65. The van der Waals surface area contributed by atoms with E-state index < -0.39 is 0 Å². The van der Waals surface area contributed by atoms with Crippen LogP contribution in [0.25, 0.3) is 21.5 Å². The maximum atomic E-state index is 12.2. The third-order valence-electron chi connectivity index (χ3n) is 4.01. The molecule has 0 fully saturated rings. The summed E-state index contributed by atoms with van der Waals surface area (Å²) in [4.78, 5) is 26.8. The van der Waals surface area contributed by atoms with Gasteiger partial charge in [0, 0.05) is 22.3 Å². The number of amides is 2.